The van der Waals surface area contributed by atoms with Crippen LogP contribution in [-0.2, 0) is 6.42 Å². The summed E-state index contributed by atoms with van der Waals surface area (Å²) in [5, 5.41) is 3.65. The second-order valence-electron chi connectivity index (χ2n) is 7.27. The van der Waals surface area contributed by atoms with Crippen molar-refractivity contribution in [2.75, 3.05) is 19.4 Å². The van der Waals surface area contributed by atoms with Crippen molar-refractivity contribution in [1.29, 1.82) is 0 Å². The van der Waals surface area contributed by atoms with Gasteiger partial charge in [0.25, 0.3) is 5.91 Å². The van der Waals surface area contributed by atoms with Crippen LogP contribution in [0, 0.1) is 0 Å². The van der Waals surface area contributed by atoms with E-state index in [-0.39, 0.29) is 24.4 Å². The second-order valence-corrected chi connectivity index (χ2v) is 7.68. The molecule has 2 fully saturated rings. The lowest BCUT2D eigenvalue weighted by molar-refractivity contribution is 0.0462. The number of hydrogen-bond acceptors (Lipinski definition) is 4. The Kier molecular flexibility index (Phi) is 5.37. The van der Waals surface area contributed by atoms with Gasteiger partial charge < -0.3 is 20.7 Å². The molecule has 3 N–H and O–H groups in total. The van der Waals surface area contributed by atoms with Crippen molar-refractivity contribution in [2.24, 2.45) is 0 Å². The SMILES string of the molecule is CN1[C@@H]2CCC[C@H]1CC(NC(=O)c1cc(Cl)c(N)c3c1OCC3)C2.Cl. The molecule has 1 aromatic carbocycles. The average Bonchev–Trinajstić information content (AvgIpc) is 3.01. The van der Waals surface area contributed by atoms with Crippen LogP contribution in [0.2, 0.25) is 5.02 Å². The summed E-state index contributed by atoms with van der Waals surface area (Å²) in [6.07, 6.45) is 6.50. The third-order valence-corrected chi connectivity index (χ3v) is 6.20. The lowest BCUT2D eigenvalue weighted by Crippen LogP contribution is -2.55. The number of nitrogens with two attached hydrogens (primary N) is 1. The summed E-state index contributed by atoms with van der Waals surface area (Å²) in [5.74, 6) is 0.519. The summed E-state index contributed by atoms with van der Waals surface area (Å²) in [6.45, 7) is 0.554. The molecule has 3 atom stereocenters. The molecule has 7 heteroatoms. The Morgan fingerprint density at radius 3 is 2.72 bits per heavy atom. The Labute approximate surface area is 159 Å². The Bertz CT molecular complexity index is 669. The molecule has 25 heavy (non-hydrogen) atoms. The number of halogens is 2. The van der Waals surface area contributed by atoms with Crippen molar-refractivity contribution >= 4 is 35.6 Å². The van der Waals surface area contributed by atoms with Crippen LogP contribution in [0.25, 0.3) is 0 Å². The topological polar surface area (TPSA) is 67.6 Å². The fourth-order valence-electron chi connectivity index (χ4n) is 4.53. The van der Waals surface area contributed by atoms with E-state index in [0.29, 0.717) is 47.1 Å². The molecule has 1 aromatic rings. The summed E-state index contributed by atoms with van der Waals surface area (Å²) in [6, 6.07) is 3.03. The van der Waals surface area contributed by atoms with Crippen LogP contribution in [0.15, 0.2) is 6.07 Å². The Balaban J connectivity index is 0.00000182. The van der Waals surface area contributed by atoms with E-state index < -0.39 is 0 Å². The normalized spacial score (nSPS) is 27.8. The third-order valence-electron chi connectivity index (χ3n) is 5.89. The molecular formula is C18H25Cl2N3O2. The van der Waals surface area contributed by atoms with Gasteiger partial charge in [0.15, 0.2) is 0 Å². The summed E-state index contributed by atoms with van der Waals surface area (Å²) >= 11 is 6.21. The maximum atomic E-state index is 12.8. The van der Waals surface area contributed by atoms with Crippen LogP contribution in [0.1, 0.15) is 48.0 Å². The first-order valence-corrected chi connectivity index (χ1v) is 9.19. The summed E-state index contributed by atoms with van der Waals surface area (Å²) in [7, 11) is 2.22. The van der Waals surface area contributed by atoms with Gasteiger partial charge in [0.2, 0.25) is 0 Å². The molecule has 0 spiro atoms. The lowest BCUT2D eigenvalue weighted by atomic mass is 9.82. The summed E-state index contributed by atoms with van der Waals surface area (Å²) in [5.41, 5.74) is 7.94. The first kappa shape index (κ1) is 18.6. The molecule has 2 saturated heterocycles. The highest BCUT2D eigenvalue weighted by Crippen LogP contribution is 2.39. The number of nitrogens with one attached hydrogen (secondary N) is 1. The highest BCUT2D eigenvalue weighted by Gasteiger charge is 2.37. The van der Waals surface area contributed by atoms with E-state index >= 15 is 0 Å². The molecule has 0 radical (unpaired) electrons. The standard InChI is InChI=1S/C18H24ClN3O2.ClH/c1-22-11-3-2-4-12(22)8-10(7-11)21-18(23)14-9-15(19)16(20)13-5-6-24-17(13)14;/h9-12H,2-8,20H2,1H3,(H,21,23);1H/t10?,11-,12+;. The zero-order chi connectivity index (χ0) is 16.8. The van der Waals surface area contributed by atoms with Gasteiger partial charge in [0, 0.05) is 30.1 Å². The number of amides is 1. The predicted molar refractivity (Wildman–Crippen MR) is 102 cm³/mol. The average molecular weight is 386 g/mol. The smallest absolute Gasteiger partial charge is 0.255 e. The van der Waals surface area contributed by atoms with Crippen molar-refractivity contribution in [3.63, 3.8) is 0 Å². The summed E-state index contributed by atoms with van der Waals surface area (Å²) < 4.78 is 5.66. The number of rotatable bonds is 2. The molecular weight excluding hydrogens is 361 g/mol. The highest BCUT2D eigenvalue weighted by atomic mass is 35.5. The van der Waals surface area contributed by atoms with Crippen molar-refractivity contribution in [1.82, 2.24) is 10.2 Å². The first-order valence-electron chi connectivity index (χ1n) is 8.81. The summed E-state index contributed by atoms with van der Waals surface area (Å²) in [4.78, 5) is 15.3. The van der Waals surface area contributed by atoms with E-state index in [1.165, 1.54) is 19.3 Å². The molecule has 5 nitrogen and oxygen atoms in total. The van der Waals surface area contributed by atoms with Crippen molar-refractivity contribution in [3.05, 3.63) is 22.2 Å². The predicted octanol–water partition coefficient (Wildman–Crippen LogP) is 3.02. The van der Waals surface area contributed by atoms with Gasteiger partial charge in [0.1, 0.15) is 5.75 Å². The van der Waals surface area contributed by atoms with Crippen LogP contribution >= 0.6 is 24.0 Å². The molecule has 138 valence electrons. The van der Waals surface area contributed by atoms with Gasteiger partial charge in [-0.2, -0.15) is 0 Å². The number of nitrogen functional groups attached to an aromatic ring is 1. The number of fused-ring (bicyclic) bond motifs is 3. The second kappa shape index (κ2) is 7.22. The highest BCUT2D eigenvalue weighted by molar-refractivity contribution is 6.33. The maximum Gasteiger partial charge on any atom is 0.255 e. The number of piperidine rings is 2. The van der Waals surface area contributed by atoms with Gasteiger partial charge in [-0.1, -0.05) is 18.0 Å². The van der Waals surface area contributed by atoms with E-state index in [1.807, 2.05) is 0 Å². The fourth-order valence-corrected chi connectivity index (χ4v) is 4.76. The van der Waals surface area contributed by atoms with Crippen LogP contribution in [0.5, 0.6) is 5.75 Å². The minimum atomic E-state index is -0.0947. The molecule has 3 heterocycles. The molecule has 0 aliphatic carbocycles. The molecule has 3 aliphatic rings. The zero-order valence-corrected chi connectivity index (χ0v) is 16.0. The Morgan fingerprint density at radius 2 is 2.04 bits per heavy atom. The quantitative estimate of drug-likeness (QED) is 0.767. The van der Waals surface area contributed by atoms with Crippen LogP contribution in [-0.4, -0.2) is 42.6 Å². The number of hydrogen-bond donors (Lipinski definition) is 2. The van der Waals surface area contributed by atoms with Crippen LogP contribution < -0.4 is 15.8 Å². The van der Waals surface area contributed by atoms with Gasteiger partial charge in [-0.05, 0) is 38.8 Å². The molecule has 1 amide bonds. The van der Waals surface area contributed by atoms with Gasteiger partial charge in [-0.3, -0.25) is 4.79 Å². The minimum absolute atomic E-state index is 0. The monoisotopic (exact) mass is 385 g/mol. The Hall–Kier alpha value is -1.17. The number of carbonyl (C=O) groups excluding carboxylic acids is 1. The van der Waals surface area contributed by atoms with Gasteiger partial charge in [-0.15, -0.1) is 12.4 Å². The first-order chi connectivity index (χ1) is 11.5. The van der Waals surface area contributed by atoms with Gasteiger partial charge in [-0.25, -0.2) is 0 Å². The Morgan fingerprint density at radius 1 is 1.36 bits per heavy atom. The molecule has 2 bridgehead atoms. The fraction of sp³-hybridized carbons (Fsp3) is 0.611. The van der Waals surface area contributed by atoms with Crippen molar-refractivity contribution in [3.8, 4) is 5.75 Å². The van der Waals surface area contributed by atoms with Gasteiger partial charge in [0.05, 0.1) is 22.9 Å². The van der Waals surface area contributed by atoms with E-state index in [2.05, 4.69) is 17.3 Å². The number of ether oxygens (including phenoxy) is 1. The van der Waals surface area contributed by atoms with E-state index in [9.17, 15) is 4.79 Å². The zero-order valence-electron chi connectivity index (χ0n) is 14.4. The molecule has 3 aliphatic heterocycles. The molecule has 1 unspecified atom stereocenters. The minimum Gasteiger partial charge on any atom is -0.492 e. The van der Waals surface area contributed by atoms with Crippen LogP contribution in [0.4, 0.5) is 5.69 Å². The third kappa shape index (κ3) is 3.29. The molecule has 0 aromatic heterocycles. The van der Waals surface area contributed by atoms with Crippen molar-refractivity contribution in [2.45, 2.75) is 56.7 Å². The lowest BCUT2D eigenvalue weighted by Gasteiger charge is -2.47. The molecule has 0 saturated carbocycles. The van der Waals surface area contributed by atoms with Crippen LogP contribution in [0.3, 0.4) is 0 Å². The molecule has 4 rings (SSSR count). The van der Waals surface area contributed by atoms with E-state index in [1.54, 1.807) is 6.07 Å². The number of benzene rings is 1. The number of carbonyl (C=O) groups is 1. The number of anilines is 1. The van der Waals surface area contributed by atoms with E-state index in [0.717, 1.165) is 18.4 Å². The maximum absolute atomic E-state index is 12.8. The largest absolute Gasteiger partial charge is 0.492 e. The van der Waals surface area contributed by atoms with E-state index in [4.69, 9.17) is 22.1 Å². The van der Waals surface area contributed by atoms with Crippen molar-refractivity contribution < 1.29 is 9.53 Å². The number of nitrogens with zero attached hydrogens (tertiary/aromatic N) is 1. The van der Waals surface area contributed by atoms with Gasteiger partial charge >= 0.3 is 0 Å².